The molecule has 0 N–H and O–H groups in total. The van der Waals surface area contributed by atoms with Crippen molar-refractivity contribution >= 4 is 16.8 Å². The molecule has 0 bridgehead atoms. The van der Waals surface area contributed by atoms with Crippen molar-refractivity contribution < 1.29 is 4.79 Å². The Balaban J connectivity index is 1.44. The Labute approximate surface area is 173 Å². The van der Waals surface area contributed by atoms with Gasteiger partial charge in [0, 0.05) is 56.2 Å². The number of benzene rings is 1. The van der Waals surface area contributed by atoms with Crippen LogP contribution in [0.2, 0.25) is 0 Å². The van der Waals surface area contributed by atoms with Crippen LogP contribution in [0.25, 0.3) is 22.0 Å². The lowest BCUT2D eigenvalue weighted by molar-refractivity contribution is 0.0779. The van der Waals surface area contributed by atoms with Crippen molar-refractivity contribution in [2.45, 2.75) is 13.0 Å². The summed E-state index contributed by atoms with van der Waals surface area (Å²) < 4.78 is 1.49. The average molecular weight is 396 g/mol. The molecule has 148 valence electrons. The number of amides is 1. The monoisotopic (exact) mass is 396 g/mol. The van der Waals surface area contributed by atoms with Crippen LogP contribution < -0.4 is 5.56 Å². The lowest BCUT2D eigenvalue weighted by atomic mass is 10.0. The Hall–Kier alpha value is -3.80. The van der Waals surface area contributed by atoms with Crippen molar-refractivity contribution in [1.29, 1.82) is 0 Å². The van der Waals surface area contributed by atoms with Gasteiger partial charge < -0.3 is 9.47 Å². The zero-order valence-corrected chi connectivity index (χ0v) is 16.6. The number of para-hydroxylation sites is 1. The van der Waals surface area contributed by atoms with Gasteiger partial charge in [-0.1, -0.05) is 24.3 Å². The zero-order chi connectivity index (χ0) is 20.7. The third-order valence-electron chi connectivity index (χ3n) is 5.61. The fourth-order valence-electron chi connectivity index (χ4n) is 4.05. The lowest BCUT2D eigenvalue weighted by Crippen LogP contribution is -2.26. The average Bonchev–Trinajstić information content (AvgIpc) is 3.08. The highest BCUT2D eigenvalue weighted by atomic mass is 16.2. The smallest absolute Gasteiger partial charge is 0.258 e. The number of rotatable bonds is 4. The van der Waals surface area contributed by atoms with Gasteiger partial charge in [0.1, 0.15) is 0 Å². The molecule has 0 radical (unpaired) electrons. The maximum atomic E-state index is 13.1. The lowest BCUT2D eigenvalue weighted by Gasteiger charge is -2.15. The molecule has 0 spiro atoms. The molecule has 0 saturated heterocycles. The Morgan fingerprint density at radius 2 is 1.80 bits per heavy atom. The molecular formula is C24H20N4O2. The topological polar surface area (TPSA) is 68.1 Å². The third kappa shape index (κ3) is 3.06. The Kier molecular flexibility index (Phi) is 4.39. The predicted octanol–water partition coefficient (Wildman–Crippen LogP) is 3.19. The van der Waals surface area contributed by atoms with Crippen LogP contribution in [0, 0.1) is 0 Å². The number of hydrogen-bond acceptors (Lipinski definition) is 4. The van der Waals surface area contributed by atoms with Crippen LogP contribution in [0.5, 0.6) is 0 Å². The standard InChI is InChI=1S/C24H20N4O2/c1-27-14-20-19(22(24(27)30)17-8-11-25-12-9-17)15-28(23(20)29)13-10-18-7-6-16-4-2-3-5-21(16)26-18/h2-9,11-12,14H,10,13,15H2,1H3. The summed E-state index contributed by atoms with van der Waals surface area (Å²) in [4.78, 5) is 36.4. The summed E-state index contributed by atoms with van der Waals surface area (Å²) in [7, 11) is 1.68. The van der Waals surface area contributed by atoms with Crippen LogP contribution in [0.15, 0.2) is 71.9 Å². The summed E-state index contributed by atoms with van der Waals surface area (Å²) in [5, 5.41) is 1.10. The van der Waals surface area contributed by atoms with Crippen LogP contribution in [0.4, 0.5) is 0 Å². The first-order valence-electron chi connectivity index (χ1n) is 9.88. The van der Waals surface area contributed by atoms with Gasteiger partial charge >= 0.3 is 0 Å². The van der Waals surface area contributed by atoms with Crippen molar-refractivity contribution in [3.8, 4) is 11.1 Å². The van der Waals surface area contributed by atoms with Crippen LogP contribution in [0.3, 0.4) is 0 Å². The number of nitrogens with zero attached hydrogens (tertiary/aromatic N) is 4. The van der Waals surface area contributed by atoms with E-state index in [1.165, 1.54) is 4.57 Å². The summed E-state index contributed by atoms with van der Waals surface area (Å²) in [6.45, 7) is 0.974. The number of pyridine rings is 3. The van der Waals surface area contributed by atoms with Gasteiger partial charge in [0.15, 0.2) is 0 Å². The fourth-order valence-corrected chi connectivity index (χ4v) is 4.05. The van der Waals surface area contributed by atoms with Crippen LogP contribution in [-0.2, 0) is 20.0 Å². The molecule has 30 heavy (non-hydrogen) atoms. The van der Waals surface area contributed by atoms with Crippen molar-refractivity contribution in [1.82, 2.24) is 19.4 Å². The second-order valence-electron chi connectivity index (χ2n) is 7.52. The van der Waals surface area contributed by atoms with Crippen LogP contribution in [0.1, 0.15) is 21.6 Å². The largest absolute Gasteiger partial charge is 0.334 e. The van der Waals surface area contributed by atoms with E-state index in [-0.39, 0.29) is 11.5 Å². The molecule has 4 heterocycles. The van der Waals surface area contributed by atoms with Gasteiger partial charge in [0.25, 0.3) is 11.5 Å². The van der Waals surface area contributed by atoms with E-state index < -0.39 is 0 Å². The molecule has 1 aromatic carbocycles. The van der Waals surface area contributed by atoms with Crippen molar-refractivity contribution in [2.75, 3.05) is 6.54 Å². The van der Waals surface area contributed by atoms with Gasteiger partial charge in [-0.25, -0.2) is 0 Å². The SMILES string of the molecule is Cn1cc2c(c(-c3ccncc3)c1=O)CN(CCc1ccc3ccccc3n1)C2=O. The van der Waals surface area contributed by atoms with E-state index in [9.17, 15) is 9.59 Å². The maximum Gasteiger partial charge on any atom is 0.258 e. The molecule has 1 aliphatic rings. The van der Waals surface area contributed by atoms with Gasteiger partial charge in [-0.3, -0.25) is 19.6 Å². The van der Waals surface area contributed by atoms with Crippen LogP contribution in [-0.4, -0.2) is 31.9 Å². The van der Waals surface area contributed by atoms with Gasteiger partial charge in [-0.05, 0) is 35.4 Å². The summed E-state index contributed by atoms with van der Waals surface area (Å²) in [5.41, 5.74) is 4.54. The third-order valence-corrected chi connectivity index (χ3v) is 5.61. The molecule has 0 aliphatic carbocycles. The van der Waals surface area contributed by atoms with Gasteiger partial charge in [0.05, 0.1) is 16.6 Å². The quantitative estimate of drug-likeness (QED) is 0.531. The van der Waals surface area contributed by atoms with E-state index in [4.69, 9.17) is 4.98 Å². The molecule has 5 rings (SSSR count). The molecule has 1 amide bonds. The molecule has 0 atom stereocenters. The summed E-state index contributed by atoms with van der Waals surface area (Å²) >= 11 is 0. The van der Waals surface area contributed by atoms with E-state index in [2.05, 4.69) is 11.1 Å². The van der Waals surface area contributed by atoms with Crippen LogP contribution >= 0.6 is 0 Å². The highest BCUT2D eigenvalue weighted by Crippen LogP contribution is 2.30. The second-order valence-corrected chi connectivity index (χ2v) is 7.52. The second kappa shape index (κ2) is 7.22. The molecule has 6 heteroatoms. The molecule has 0 unspecified atom stereocenters. The molecule has 0 fully saturated rings. The van der Waals surface area contributed by atoms with Gasteiger partial charge in [-0.2, -0.15) is 0 Å². The first-order valence-corrected chi connectivity index (χ1v) is 9.88. The molecule has 0 saturated carbocycles. The Morgan fingerprint density at radius 1 is 1.00 bits per heavy atom. The summed E-state index contributed by atoms with van der Waals surface area (Å²) in [6.07, 6.45) is 5.63. The van der Waals surface area contributed by atoms with E-state index in [1.807, 2.05) is 42.5 Å². The molecular weight excluding hydrogens is 376 g/mol. The van der Waals surface area contributed by atoms with Crippen molar-refractivity contribution in [3.63, 3.8) is 0 Å². The number of fused-ring (bicyclic) bond motifs is 2. The minimum absolute atomic E-state index is 0.0447. The van der Waals surface area contributed by atoms with Gasteiger partial charge in [0.2, 0.25) is 0 Å². The number of hydrogen-bond donors (Lipinski definition) is 0. The Morgan fingerprint density at radius 3 is 2.63 bits per heavy atom. The predicted molar refractivity (Wildman–Crippen MR) is 115 cm³/mol. The van der Waals surface area contributed by atoms with Crippen molar-refractivity contribution in [2.24, 2.45) is 7.05 Å². The molecule has 6 nitrogen and oxygen atoms in total. The fraction of sp³-hybridized carbons (Fsp3) is 0.167. The molecule has 3 aromatic heterocycles. The number of carbonyl (C=O) groups excluding carboxylic acids is 1. The highest BCUT2D eigenvalue weighted by Gasteiger charge is 2.31. The Bertz CT molecular complexity index is 1330. The first-order chi connectivity index (χ1) is 14.6. The first kappa shape index (κ1) is 18.2. The van der Waals surface area contributed by atoms with E-state index in [0.29, 0.717) is 30.6 Å². The zero-order valence-electron chi connectivity index (χ0n) is 16.6. The number of carbonyl (C=O) groups is 1. The summed E-state index contributed by atoms with van der Waals surface area (Å²) in [6, 6.07) is 15.7. The minimum atomic E-state index is -0.106. The van der Waals surface area contributed by atoms with Crippen molar-refractivity contribution in [3.05, 3.63) is 94.3 Å². The van der Waals surface area contributed by atoms with E-state index >= 15 is 0 Å². The van der Waals surface area contributed by atoms with E-state index in [1.54, 1.807) is 30.5 Å². The normalized spacial score (nSPS) is 13.1. The number of aromatic nitrogens is 3. The number of aryl methyl sites for hydroxylation is 1. The highest BCUT2D eigenvalue weighted by molar-refractivity contribution is 6.00. The summed E-state index contributed by atoms with van der Waals surface area (Å²) in [5.74, 6) is -0.0447. The molecule has 4 aromatic rings. The minimum Gasteiger partial charge on any atom is -0.334 e. The van der Waals surface area contributed by atoms with E-state index in [0.717, 1.165) is 27.7 Å². The molecule has 1 aliphatic heterocycles. The van der Waals surface area contributed by atoms with Gasteiger partial charge in [-0.15, -0.1) is 0 Å². The maximum absolute atomic E-state index is 13.1.